The molecule has 0 aliphatic rings. The lowest BCUT2D eigenvalue weighted by Crippen LogP contribution is -2.09. The van der Waals surface area contributed by atoms with Crippen LogP contribution in [0.4, 0.5) is 0 Å². The number of unbranched alkanes of at least 4 members (excludes halogenated alkanes) is 7. The Morgan fingerprint density at radius 1 is 0.618 bits per heavy atom. The molecule has 2 nitrogen and oxygen atoms in total. The highest BCUT2D eigenvalue weighted by Gasteiger charge is 2.12. The van der Waals surface area contributed by atoms with Gasteiger partial charge in [0.15, 0.2) is 0 Å². The molecule has 0 fully saturated rings. The quantitative estimate of drug-likeness (QED) is 0.137. The van der Waals surface area contributed by atoms with Crippen molar-refractivity contribution in [1.29, 1.82) is 0 Å². The van der Waals surface area contributed by atoms with Gasteiger partial charge >= 0.3 is 5.97 Å². The molecular weight excluding hydrogens is 416 g/mol. The number of hydrogen-bond donors (Lipinski definition) is 0. The van der Waals surface area contributed by atoms with Crippen molar-refractivity contribution in [2.75, 3.05) is 0 Å². The first-order valence-corrected chi connectivity index (χ1v) is 13.2. The minimum atomic E-state index is -0.302. The van der Waals surface area contributed by atoms with Gasteiger partial charge in [-0.3, -0.25) is 0 Å². The van der Waals surface area contributed by atoms with Gasteiger partial charge in [-0.25, -0.2) is 4.79 Å². The molecule has 34 heavy (non-hydrogen) atoms. The van der Waals surface area contributed by atoms with Crippen LogP contribution in [0.5, 0.6) is 5.75 Å². The zero-order valence-electron chi connectivity index (χ0n) is 21.0. The molecule has 0 aromatic heterocycles. The summed E-state index contributed by atoms with van der Waals surface area (Å²) in [5.74, 6) is 0.373. The Balaban J connectivity index is 1.54. The van der Waals surface area contributed by atoms with Gasteiger partial charge < -0.3 is 4.74 Å². The number of hydrogen-bond acceptors (Lipinski definition) is 2. The van der Waals surface area contributed by atoms with Gasteiger partial charge in [-0.2, -0.15) is 0 Å². The molecule has 180 valence electrons. The van der Waals surface area contributed by atoms with Crippen molar-refractivity contribution in [2.45, 2.75) is 84.5 Å². The number of carbonyl (C=O) groups is 1. The molecule has 0 heterocycles. The van der Waals surface area contributed by atoms with Crippen LogP contribution in [0.25, 0.3) is 11.1 Å². The van der Waals surface area contributed by atoms with Crippen molar-refractivity contribution in [3.63, 3.8) is 0 Å². The van der Waals surface area contributed by atoms with Crippen LogP contribution in [0, 0.1) is 0 Å². The SMILES string of the molecule is CCCCCCCCc1ccc(-c2ccc(C(=O)Oc3ccccc3CCCCC)cc2)cc1. The molecule has 0 amide bonds. The van der Waals surface area contributed by atoms with Gasteiger partial charge in [0.25, 0.3) is 0 Å². The second kappa shape index (κ2) is 14.4. The second-order valence-electron chi connectivity index (χ2n) is 9.25. The average Bonchev–Trinajstić information content (AvgIpc) is 2.88. The van der Waals surface area contributed by atoms with Crippen LogP contribution in [0.15, 0.2) is 72.8 Å². The Labute approximate surface area is 206 Å². The van der Waals surface area contributed by atoms with Crippen molar-refractivity contribution in [3.05, 3.63) is 89.5 Å². The van der Waals surface area contributed by atoms with Crippen molar-refractivity contribution in [1.82, 2.24) is 0 Å². The van der Waals surface area contributed by atoms with E-state index in [9.17, 15) is 4.79 Å². The number of aryl methyl sites for hydroxylation is 2. The molecule has 3 aromatic rings. The van der Waals surface area contributed by atoms with Crippen LogP contribution < -0.4 is 4.74 Å². The van der Waals surface area contributed by atoms with E-state index in [0.717, 1.165) is 30.4 Å². The van der Waals surface area contributed by atoms with Crippen LogP contribution in [0.2, 0.25) is 0 Å². The third kappa shape index (κ3) is 8.17. The number of esters is 1. The zero-order chi connectivity index (χ0) is 24.0. The molecule has 0 N–H and O–H groups in total. The summed E-state index contributed by atoms with van der Waals surface area (Å²) in [5.41, 5.74) is 5.36. The molecule has 0 aliphatic carbocycles. The Morgan fingerprint density at radius 3 is 1.88 bits per heavy atom. The molecule has 3 rings (SSSR count). The van der Waals surface area contributed by atoms with Gasteiger partial charge in [0.05, 0.1) is 5.56 Å². The van der Waals surface area contributed by atoms with E-state index in [-0.39, 0.29) is 5.97 Å². The fraction of sp³-hybridized carbons (Fsp3) is 0.406. The maximum atomic E-state index is 12.7. The Kier molecular flexibility index (Phi) is 10.9. The van der Waals surface area contributed by atoms with Gasteiger partial charge in [-0.15, -0.1) is 0 Å². The average molecular weight is 457 g/mol. The monoisotopic (exact) mass is 456 g/mol. The van der Waals surface area contributed by atoms with Gasteiger partial charge in [0.1, 0.15) is 5.75 Å². The fourth-order valence-electron chi connectivity index (χ4n) is 4.31. The third-order valence-electron chi connectivity index (χ3n) is 6.45. The van der Waals surface area contributed by atoms with Gasteiger partial charge in [-0.1, -0.05) is 113 Å². The van der Waals surface area contributed by atoms with Gasteiger partial charge in [-0.05, 0) is 66.1 Å². The van der Waals surface area contributed by atoms with Crippen LogP contribution in [0.3, 0.4) is 0 Å². The minimum Gasteiger partial charge on any atom is -0.423 e. The standard InChI is InChI=1S/C32H40O2/c1-3-5-7-8-9-11-14-26-18-20-27(21-19-26)28-22-24-30(25-23-28)32(33)34-31-17-13-12-16-29(31)15-10-6-4-2/h12-13,16-25H,3-11,14-15H2,1-2H3. The molecule has 2 heteroatoms. The van der Waals surface area contributed by atoms with E-state index in [1.54, 1.807) is 0 Å². The van der Waals surface area contributed by atoms with Crippen molar-refractivity contribution in [3.8, 4) is 16.9 Å². The molecule has 0 unspecified atom stereocenters. The summed E-state index contributed by atoms with van der Waals surface area (Å²) >= 11 is 0. The van der Waals surface area contributed by atoms with E-state index in [1.165, 1.54) is 62.5 Å². The predicted molar refractivity (Wildman–Crippen MR) is 144 cm³/mol. The second-order valence-corrected chi connectivity index (χ2v) is 9.25. The predicted octanol–water partition coefficient (Wildman–Crippen LogP) is 9.21. The summed E-state index contributed by atoms with van der Waals surface area (Å²) in [6.07, 6.45) is 13.5. The highest BCUT2D eigenvalue weighted by Crippen LogP contribution is 2.24. The summed E-state index contributed by atoms with van der Waals surface area (Å²) < 4.78 is 5.75. The van der Waals surface area contributed by atoms with E-state index in [4.69, 9.17) is 4.74 Å². The van der Waals surface area contributed by atoms with Crippen molar-refractivity contribution < 1.29 is 9.53 Å². The van der Waals surface area contributed by atoms with E-state index in [2.05, 4.69) is 44.2 Å². The molecular formula is C32H40O2. The van der Waals surface area contributed by atoms with Gasteiger partial charge in [0.2, 0.25) is 0 Å². The maximum absolute atomic E-state index is 12.7. The molecule has 0 aliphatic heterocycles. The van der Waals surface area contributed by atoms with E-state index >= 15 is 0 Å². The number of rotatable bonds is 14. The largest absolute Gasteiger partial charge is 0.423 e. The van der Waals surface area contributed by atoms with Crippen molar-refractivity contribution >= 4 is 5.97 Å². The number of carbonyl (C=O) groups excluding carboxylic acids is 1. The number of ether oxygens (including phenoxy) is 1. The summed E-state index contributed by atoms with van der Waals surface area (Å²) in [6, 6.07) is 24.5. The third-order valence-corrected chi connectivity index (χ3v) is 6.45. The fourth-order valence-corrected chi connectivity index (χ4v) is 4.31. The molecule has 0 radical (unpaired) electrons. The smallest absolute Gasteiger partial charge is 0.343 e. The first kappa shape index (κ1) is 25.7. The maximum Gasteiger partial charge on any atom is 0.343 e. The number of benzene rings is 3. The Bertz CT molecular complexity index is 986. The minimum absolute atomic E-state index is 0.302. The van der Waals surface area contributed by atoms with Gasteiger partial charge in [0, 0.05) is 0 Å². The van der Waals surface area contributed by atoms with E-state index in [0.29, 0.717) is 11.3 Å². The molecule has 0 bridgehead atoms. The zero-order valence-corrected chi connectivity index (χ0v) is 21.0. The van der Waals surface area contributed by atoms with Crippen LogP contribution in [0.1, 0.15) is 93.1 Å². The highest BCUT2D eigenvalue weighted by atomic mass is 16.5. The van der Waals surface area contributed by atoms with Crippen molar-refractivity contribution in [2.24, 2.45) is 0 Å². The van der Waals surface area contributed by atoms with Crippen LogP contribution in [-0.2, 0) is 12.8 Å². The summed E-state index contributed by atoms with van der Waals surface area (Å²) in [6.45, 7) is 4.46. The summed E-state index contributed by atoms with van der Waals surface area (Å²) in [5, 5.41) is 0. The molecule has 0 spiro atoms. The lowest BCUT2D eigenvalue weighted by molar-refractivity contribution is 0.0733. The van der Waals surface area contributed by atoms with E-state index < -0.39 is 0 Å². The topological polar surface area (TPSA) is 26.3 Å². The Hall–Kier alpha value is -2.87. The number of para-hydroxylation sites is 1. The van der Waals surface area contributed by atoms with Crippen LogP contribution >= 0.6 is 0 Å². The lowest BCUT2D eigenvalue weighted by Gasteiger charge is -2.10. The molecule has 0 saturated heterocycles. The molecule has 0 atom stereocenters. The first-order chi connectivity index (χ1) is 16.7. The highest BCUT2D eigenvalue weighted by molar-refractivity contribution is 5.91. The first-order valence-electron chi connectivity index (χ1n) is 13.2. The molecule has 3 aromatic carbocycles. The Morgan fingerprint density at radius 2 is 1.18 bits per heavy atom. The normalized spacial score (nSPS) is 10.9. The van der Waals surface area contributed by atoms with Crippen LogP contribution in [-0.4, -0.2) is 5.97 Å². The van der Waals surface area contributed by atoms with E-state index in [1.807, 2.05) is 42.5 Å². The summed E-state index contributed by atoms with van der Waals surface area (Å²) in [7, 11) is 0. The molecule has 0 saturated carbocycles. The summed E-state index contributed by atoms with van der Waals surface area (Å²) in [4.78, 5) is 12.7. The lowest BCUT2D eigenvalue weighted by atomic mass is 10.00.